The van der Waals surface area contributed by atoms with Crippen LogP contribution in [-0.4, -0.2) is 37.2 Å². The maximum atomic E-state index is 12.8. The van der Waals surface area contributed by atoms with Crippen LogP contribution in [0.5, 0.6) is 0 Å². The molecule has 0 N–H and O–H groups in total. The molecular weight excluding hydrogens is 793 g/mol. The Labute approximate surface area is 399 Å². The third-order valence-corrected chi connectivity index (χ3v) is 13.0. The van der Waals surface area contributed by atoms with E-state index in [4.69, 9.17) is 14.2 Å². The summed E-state index contributed by atoms with van der Waals surface area (Å²) < 4.78 is 16.8. The lowest BCUT2D eigenvalue weighted by atomic mass is 10.0. The zero-order valence-electron chi connectivity index (χ0n) is 43.3. The van der Waals surface area contributed by atoms with Gasteiger partial charge in [-0.05, 0) is 38.5 Å². The van der Waals surface area contributed by atoms with Gasteiger partial charge >= 0.3 is 17.9 Å². The predicted octanol–water partition coefficient (Wildman–Crippen LogP) is 18.9. The van der Waals surface area contributed by atoms with Crippen LogP contribution in [0.25, 0.3) is 0 Å². The smallest absolute Gasteiger partial charge is 0.306 e. The largest absolute Gasteiger partial charge is 0.462 e. The Morgan fingerprint density at radius 3 is 0.844 bits per heavy atom. The molecule has 0 aromatic rings. The molecule has 0 saturated heterocycles. The number of carbonyl (C=O) groups is 3. The molecule has 0 aliphatic carbocycles. The molecule has 0 spiro atoms. The summed E-state index contributed by atoms with van der Waals surface area (Å²) in [7, 11) is 0. The number of ether oxygens (including phenoxy) is 3. The molecular formula is C58H110O6. The van der Waals surface area contributed by atoms with Crippen molar-refractivity contribution in [2.45, 2.75) is 329 Å². The van der Waals surface area contributed by atoms with E-state index >= 15 is 0 Å². The average Bonchev–Trinajstić information content (AvgIpc) is 3.29. The lowest BCUT2D eigenvalue weighted by molar-refractivity contribution is -0.167. The van der Waals surface area contributed by atoms with Gasteiger partial charge in [0.2, 0.25) is 0 Å². The van der Waals surface area contributed by atoms with Gasteiger partial charge in [0.1, 0.15) is 13.2 Å². The number of hydrogen-bond acceptors (Lipinski definition) is 6. The molecule has 0 aromatic carbocycles. The molecule has 378 valence electrons. The molecule has 0 radical (unpaired) electrons. The van der Waals surface area contributed by atoms with Gasteiger partial charge < -0.3 is 14.2 Å². The van der Waals surface area contributed by atoms with Gasteiger partial charge in [0, 0.05) is 19.3 Å². The van der Waals surface area contributed by atoms with Gasteiger partial charge in [0.15, 0.2) is 6.10 Å². The van der Waals surface area contributed by atoms with Crippen LogP contribution in [-0.2, 0) is 28.6 Å². The molecule has 0 rings (SSSR count). The quantitative estimate of drug-likeness (QED) is 0.0262. The van der Waals surface area contributed by atoms with Crippen molar-refractivity contribution in [1.29, 1.82) is 0 Å². The van der Waals surface area contributed by atoms with E-state index in [1.165, 1.54) is 225 Å². The predicted molar refractivity (Wildman–Crippen MR) is 275 cm³/mol. The van der Waals surface area contributed by atoms with Crippen molar-refractivity contribution in [3.8, 4) is 0 Å². The SMILES string of the molecule is CCCCCC/C=C\CCCC(=O)OCC(COC(=O)CCCCCCCCCCCCCCCCCCCCC)OC(=O)CCCCCCCCCCCCCCCCCCCC. The Balaban J connectivity index is 4.22. The summed E-state index contributed by atoms with van der Waals surface area (Å²) in [5.41, 5.74) is 0. The summed E-state index contributed by atoms with van der Waals surface area (Å²) >= 11 is 0. The Kier molecular flexibility index (Phi) is 52.2. The van der Waals surface area contributed by atoms with Crippen LogP contribution >= 0.6 is 0 Å². The molecule has 0 heterocycles. The monoisotopic (exact) mass is 903 g/mol. The van der Waals surface area contributed by atoms with Crippen molar-refractivity contribution < 1.29 is 28.6 Å². The zero-order chi connectivity index (χ0) is 46.5. The van der Waals surface area contributed by atoms with Gasteiger partial charge in [-0.25, -0.2) is 0 Å². The topological polar surface area (TPSA) is 78.9 Å². The van der Waals surface area contributed by atoms with Gasteiger partial charge in [0.25, 0.3) is 0 Å². The van der Waals surface area contributed by atoms with Crippen molar-refractivity contribution in [1.82, 2.24) is 0 Å². The van der Waals surface area contributed by atoms with Crippen LogP contribution in [0.1, 0.15) is 323 Å². The summed E-state index contributed by atoms with van der Waals surface area (Å²) in [5, 5.41) is 0. The molecule has 1 atom stereocenters. The van der Waals surface area contributed by atoms with E-state index in [-0.39, 0.29) is 31.1 Å². The molecule has 0 saturated carbocycles. The van der Waals surface area contributed by atoms with E-state index in [0.717, 1.165) is 57.8 Å². The van der Waals surface area contributed by atoms with Crippen LogP contribution < -0.4 is 0 Å². The van der Waals surface area contributed by atoms with E-state index < -0.39 is 6.10 Å². The fraction of sp³-hybridized carbons (Fsp3) is 0.914. The molecule has 6 heteroatoms. The number of esters is 3. The first-order valence-electron chi connectivity index (χ1n) is 28.7. The number of carbonyl (C=O) groups excluding carboxylic acids is 3. The maximum Gasteiger partial charge on any atom is 0.306 e. The van der Waals surface area contributed by atoms with Crippen molar-refractivity contribution in [3.63, 3.8) is 0 Å². The maximum absolute atomic E-state index is 12.8. The van der Waals surface area contributed by atoms with Crippen LogP contribution in [0.2, 0.25) is 0 Å². The van der Waals surface area contributed by atoms with Gasteiger partial charge in [-0.15, -0.1) is 0 Å². The van der Waals surface area contributed by atoms with E-state index in [2.05, 4.69) is 32.9 Å². The second kappa shape index (κ2) is 53.8. The molecule has 0 aromatic heterocycles. The van der Waals surface area contributed by atoms with Crippen molar-refractivity contribution in [3.05, 3.63) is 12.2 Å². The average molecular weight is 904 g/mol. The Morgan fingerprint density at radius 2 is 0.531 bits per heavy atom. The molecule has 0 amide bonds. The van der Waals surface area contributed by atoms with E-state index in [9.17, 15) is 14.4 Å². The van der Waals surface area contributed by atoms with E-state index in [0.29, 0.717) is 19.3 Å². The van der Waals surface area contributed by atoms with Gasteiger partial charge in [-0.2, -0.15) is 0 Å². The van der Waals surface area contributed by atoms with E-state index in [1.807, 2.05) is 0 Å². The number of hydrogen-bond donors (Lipinski definition) is 0. The van der Waals surface area contributed by atoms with Crippen molar-refractivity contribution in [2.75, 3.05) is 13.2 Å². The van der Waals surface area contributed by atoms with Crippen molar-refractivity contribution >= 4 is 17.9 Å². The van der Waals surface area contributed by atoms with E-state index in [1.54, 1.807) is 0 Å². The summed E-state index contributed by atoms with van der Waals surface area (Å²) in [4.78, 5) is 38.0. The van der Waals surface area contributed by atoms with Gasteiger partial charge in [-0.1, -0.05) is 277 Å². The van der Waals surface area contributed by atoms with Gasteiger partial charge in [-0.3, -0.25) is 14.4 Å². The Morgan fingerprint density at radius 1 is 0.297 bits per heavy atom. The van der Waals surface area contributed by atoms with Crippen LogP contribution in [0.3, 0.4) is 0 Å². The van der Waals surface area contributed by atoms with Crippen LogP contribution in [0.15, 0.2) is 12.2 Å². The van der Waals surface area contributed by atoms with Crippen LogP contribution in [0.4, 0.5) is 0 Å². The number of rotatable bonds is 53. The zero-order valence-corrected chi connectivity index (χ0v) is 43.3. The normalized spacial score (nSPS) is 12.0. The first-order chi connectivity index (χ1) is 31.5. The van der Waals surface area contributed by atoms with Gasteiger partial charge in [0.05, 0.1) is 0 Å². The van der Waals surface area contributed by atoms with Crippen molar-refractivity contribution in [2.24, 2.45) is 0 Å². The molecule has 0 aliphatic rings. The number of allylic oxidation sites excluding steroid dienone is 2. The minimum absolute atomic E-state index is 0.0725. The fourth-order valence-electron chi connectivity index (χ4n) is 8.68. The molecule has 1 unspecified atom stereocenters. The first kappa shape index (κ1) is 62.1. The summed E-state index contributed by atoms with van der Waals surface area (Å²) in [5.74, 6) is -0.887. The second-order valence-electron chi connectivity index (χ2n) is 19.6. The molecule has 64 heavy (non-hydrogen) atoms. The second-order valence-corrected chi connectivity index (χ2v) is 19.6. The fourth-order valence-corrected chi connectivity index (χ4v) is 8.68. The Hall–Kier alpha value is -1.85. The third kappa shape index (κ3) is 51.1. The molecule has 0 fully saturated rings. The third-order valence-electron chi connectivity index (χ3n) is 13.0. The molecule has 6 nitrogen and oxygen atoms in total. The highest BCUT2D eigenvalue weighted by Gasteiger charge is 2.19. The molecule has 0 bridgehead atoms. The van der Waals surface area contributed by atoms with Crippen LogP contribution in [0, 0.1) is 0 Å². The lowest BCUT2D eigenvalue weighted by Gasteiger charge is -2.18. The summed E-state index contributed by atoms with van der Waals surface area (Å²) in [6.45, 7) is 6.64. The molecule has 0 aliphatic heterocycles. The first-order valence-corrected chi connectivity index (χ1v) is 28.7. The standard InChI is InChI=1S/C58H110O6/c1-4-7-10-13-16-19-21-23-25-27-29-31-32-34-36-39-42-45-48-51-57(60)63-54-55(53-62-56(59)50-47-44-41-38-18-15-12-9-6-3)64-58(61)52-49-46-43-40-37-35-33-30-28-26-24-22-20-17-14-11-8-5-2/h38,41,55H,4-37,39-40,42-54H2,1-3H3/b41-38-. The lowest BCUT2D eigenvalue weighted by Crippen LogP contribution is -2.30. The minimum atomic E-state index is -0.774. The number of unbranched alkanes of at least 4 members (excludes halogenated alkanes) is 40. The summed E-state index contributed by atoms with van der Waals surface area (Å²) in [6.07, 6.45) is 60.8. The highest BCUT2D eigenvalue weighted by atomic mass is 16.6. The highest BCUT2D eigenvalue weighted by Crippen LogP contribution is 2.17. The highest BCUT2D eigenvalue weighted by molar-refractivity contribution is 5.71. The summed E-state index contributed by atoms with van der Waals surface area (Å²) in [6, 6.07) is 0. The Bertz CT molecular complexity index is 993. The minimum Gasteiger partial charge on any atom is -0.462 e.